The van der Waals surface area contributed by atoms with Crippen LogP contribution in [0.4, 0.5) is 10.8 Å². The van der Waals surface area contributed by atoms with Gasteiger partial charge in [-0.15, -0.1) is 0 Å². The largest absolute Gasteiger partial charge is 0.497 e. The molecule has 0 atom stereocenters. The quantitative estimate of drug-likeness (QED) is 0.496. The topological polar surface area (TPSA) is 97.2 Å². The molecule has 2 heterocycles. The lowest BCUT2D eigenvalue weighted by atomic mass is 10.3. The van der Waals surface area contributed by atoms with Crippen LogP contribution in [0.3, 0.4) is 0 Å². The molecule has 0 unspecified atom stereocenters. The lowest BCUT2D eigenvalue weighted by Gasteiger charge is -2.03. The number of anilines is 2. The van der Waals surface area contributed by atoms with Crippen molar-refractivity contribution in [2.75, 3.05) is 12.4 Å². The minimum Gasteiger partial charge on any atom is -0.497 e. The number of aromatic amines is 1. The molecule has 3 rings (SSSR count). The minimum atomic E-state index is -0.401. The van der Waals surface area contributed by atoms with E-state index in [0.29, 0.717) is 10.0 Å². The van der Waals surface area contributed by atoms with Gasteiger partial charge in [-0.25, -0.2) is 4.98 Å². The van der Waals surface area contributed by atoms with Crippen LogP contribution in [0, 0.1) is 11.7 Å². The summed E-state index contributed by atoms with van der Waals surface area (Å²) >= 11 is 12.5. The highest BCUT2D eigenvalue weighted by molar-refractivity contribution is 7.71. The van der Waals surface area contributed by atoms with Crippen LogP contribution < -0.4 is 15.6 Å². The van der Waals surface area contributed by atoms with Crippen molar-refractivity contribution in [2.45, 2.75) is 6.92 Å². The molecule has 3 aromatic rings. The van der Waals surface area contributed by atoms with E-state index in [1.807, 2.05) is 24.3 Å². The third-order valence-electron chi connectivity index (χ3n) is 3.25. The number of ether oxygens (including phenoxy) is 1. The Kier molecular flexibility index (Phi) is 5.45. The number of benzene rings is 1. The standard InChI is InChI=1S/C15H13ClN6O2S2/c1-8-13(23)22(15(25)21-20-8)17-7-11-12(16)19-14(26-11)18-9-3-5-10(24-2)6-4-9/h3-7H,1-2H3,(H,18,19)(H,21,25)/b17-7+. The summed E-state index contributed by atoms with van der Waals surface area (Å²) in [6.07, 6.45) is 1.43. The molecule has 0 amide bonds. The molecular weight excluding hydrogens is 396 g/mol. The fourth-order valence-electron chi connectivity index (χ4n) is 1.93. The maximum Gasteiger partial charge on any atom is 0.296 e. The zero-order chi connectivity index (χ0) is 18.7. The van der Waals surface area contributed by atoms with Gasteiger partial charge in [-0.3, -0.25) is 9.89 Å². The Hall–Kier alpha value is -2.56. The van der Waals surface area contributed by atoms with E-state index in [1.54, 1.807) is 14.0 Å². The van der Waals surface area contributed by atoms with Crippen LogP contribution in [0.25, 0.3) is 0 Å². The number of rotatable bonds is 5. The molecule has 0 aliphatic carbocycles. The number of hydrogen-bond donors (Lipinski definition) is 2. The smallest absolute Gasteiger partial charge is 0.296 e. The zero-order valence-corrected chi connectivity index (χ0v) is 16.1. The predicted octanol–water partition coefficient (Wildman–Crippen LogP) is 3.35. The molecule has 0 spiro atoms. The number of aromatic nitrogens is 4. The summed E-state index contributed by atoms with van der Waals surface area (Å²) < 4.78 is 6.26. The molecule has 0 fully saturated rings. The molecule has 2 N–H and O–H groups in total. The maximum atomic E-state index is 12.0. The van der Waals surface area contributed by atoms with Gasteiger partial charge in [0, 0.05) is 5.69 Å². The lowest BCUT2D eigenvalue weighted by molar-refractivity contribution is 0.415. The van der Waals surface area contributed by atoms with Crippen molar-refractivity contribution in [2.24, 2.45) is 5.10 Å². The molecule has 0 aliphatic rings. The van der Waals surface area contributed by atoms with Gasteiger partial charge in [-0.1, -0.05) is 22.9 Å². The van der Waals surface area contributed by atoms with Gasteiger partial charge in [0.2, 0.25) is 4.77 Å². The van der Waals surface area contributed by atoms with Gasteiger partial charge in [0.05, 0.1) is 18.2 Å². The number of methoxy groups -OCH3 is 1. The van der Waals surface area contributed by atoms with E-state index in [1.165, 1.54) is 17.6 Å². The molecule has 0 saturated carbocycles. The van der Waals surface area contributed by atoms with E-state index in [0.717, 1.165) is 16.1 Å². The summed E-state index contributed by atoms with van der Waals surface area (Å²) in [4.78, 5) is 16.8. The summed E-state index contributed by atoms with van der Waals surface area (Å²) in [7, 11) is 1.61. The van der Waals surface area contributed by atoms with Gasteiger partial charge in [0.15, 0.2) is 10.3 Å². The number of thiazole rings is 1. The Balaban J connectivity index is 1.83. The Morgan fingerprint density at radius 3 is 2.85 bits per heavy atom. The average Bonchev–Trinajstić information content (AvgIpc) is 2.98. The van der Waals surface area contributed by atoms with Crippen LogP contribution in [0.2, 0.25) is 5.15 Å². The summed E-state index contributed by atoms with van der Waals surface area (Å²) in [5, 5.41) is 14.4. The molecule has 134 valence electrons. The molecule has 2 aromatic heterocycles. The van der Waals surface area contributed by atoms with Gasteiger partial charge in [-0.05, 0) is 43.4 Å². The Morgan fingerprint density at radius 2 is 2.15 bits per heavy atom. The molecule has 0 aliphatic heterocycles. The third kappa shape index (κ3) is 3.98. The average molecular weight is 409 g/mol. The van der Waals surface area contributed by atoms with E-state index >= 15 is 0 Å². The molecule has 8 nitrogen and oxygen atoms in total. The monoisotopic (exact) mass is 408 g/mol. The minimum absolute atomic E-state index is 0.0917. The van der Waals surface area contributed by atoms with Crippen molar-refractivity contribution in [1.82, 2.24) is 19.9 Å². The number of hydrogen-bond acceptors (Lipinski definition) is 8. The lowest BCUT2D eigenvalue weighted by Crippen LogP contribution is -2.22. The molecule has 0 radical (unpaired) electrons. The van der Waals surface area contributed by atoms with Crippen LogP contribution in [0.15, 0.2) is 34.2 Å². The van der Waals surface area contributed by atoms with Crippen molar-refractivity contribution in [3.8, 4) is 5.75 Å². The highest BCUT2D eigenvalue weighted by atomic mass is 35.5. The van der Waals surface area contributed by atoms with Crippen molar-refractivity contribution in [1.29, 1.82) is 0 Å². The zero-order valence-electron chi connectivity index (χ0n) is 13.7. The fourth-order valence-corrected chi connectivity index (χ4v) is 3.15. The van der Waals surface area contributed by atoms with E-state index in [9.17, 15) is 4.79 Å². The van der Waals surface area contributed by atoms with E-state index in [2.05, 4.69) is 25.6 Å². The van der Waals surface area contributed by atoms with Gasteiger partial charge in [-0.2, -0.15) is 14.9 Å². The first-order valence-electron chi connectivity index (χ1n) is 7.28. The van der Waals surface area contributed by atoms with Gasteiger partial charge in [0.1, 0.15) is 11.4 Å². The van der Waals surface area contributed by atoms with Crippen LogP contribution in [-0.4, -0.2) is 33.2 Å². The van der Waals surface area contributed by atoms with Crippen molar-refractivity contribution >= 4 is 52.2 Å². The molecule has 11 heteroatoms. The van der Waals surface area contributed by atoms with Crippen LogP contribution >= 0.6 is 35.2 Å². The maximum absolute atomic E-state index is 12.0. The van der Waals surface area contributed by atoms with Crippen LogP contribution in [-0.2, 0) is 0 Å². The number of nitrogens with one attached hydrogen (secondary N) is 2. The van der Waals surface area contributed by atoms with Crippen LogP contribution in [0.1, 0.15) is 10.6 Å². The molecule has 26 heavy (non-hydrogen) atoms. The second-order valence-electron chi connectivity index (χ2n) is 5.00. The van der Waals surface area contributed by atoms with E-state index < -0.39 is 5.56 Å². The van der Waals surface area contributed by atoms with Crippen molar-refractivity contribution in [3.63, 3.8) is 0 Å². The first-order valence-corrected chi connectivity index (χ1v) is 8.88. The predicted molar refractivity (Wildman–Crippen MR) is 105 cm³/mol. The summed E-state index contributed by atoms with van der Waals surface area (Å²) in [5.74, 6) is 0.759. The highest BCUT2D eigenvalue weighted by Gasteiger charge is 2.09. The number of aryl methyl sites for hydroxylation is 1. The third-order valence-corrected chi connectivity index (χ3v) is 4.82. The van der Waals surface area contributed by atoms with Crippen molar-refractivity contribution < 1.29 is 4.74 Å². The molecule has 1 aromatic carbocycles. The normalized spacial score (nSPS) is 11.0. The Morgan fingerprint density at radius 1 is 1.42 bits per heavy atom. The number of halogens is 1. The fraction of sp³-hybridized carbons (Fsp3) is 0.133. The molecular formula is C15H13ClN6O2S2. The molecule has 0 bridgehead atoms. The first-order chi connectivity index (χ1) is 12.5. The first kappa shape index (κ1) is 18.2. The van der Waals surface area contributed by atoms with Gasteiger partial charge >= 0.3 is 0 Å². The van der Waals surface area contributed by atoms with E-state index in [4.69, 9.17) is 28.6 Å². The van der Waals surface area contributed by atoms with Crippen molar-refractivity contribution in [3.05, 3.63) is 55.1 Å². The highest BCUT2D eigenvalue weighted by Crippen LogP contribution is 2.28. The van der Waals surface area contributed by atoms with Crippen LogP contribution in [0.5, 0.6) is 5.75 Å². The second kappa shape index (κ2) is 7.77. The van der Waals surface area contributed by atoms with E-state index in [-0.39, 0.29) is 15.6 Å². The second-order valence-corrected chi connectivity index (χ2v) is 6.78. The Bertz CT molecular complexity index is 1070. The number of H-pyrrole nitrogens is 1. The van der Waals surface area contributed by atoms with Gasteiger partial charge < -0.3 is 10.1 Å². The molecule has 0 saturated heterocycles. The van der Waals surface area contributed by atoms with Gasteiger partial charge in [0.25, 0.3) is 5.56 Å². The summed E-state index contributed by atoms with van der Waals surface area (Å²) in [5.41, 5.74) is 0.693. The number of nitrogens with zero attached hydrogens (tertiary/aromatic N) is 4. The summed E-state index contributed by atoms with van der Waals surface area (Å²) in [6.45, 7) is 1.57. The Labute approximate surface area is 162 Å². The summed E-state index contributed by atoms with van der Waals surface area (Å²) in [6, 6.07) is 7.39. The SMILES string of the molecule is COc1ccc(Nc2nc(Cl)c(/C=N/n3c(=S)[nH]nc(C)c3=O)s2)cc1.